The van der Waals surface area contributed by atoms with Crippen LogP contribution in [0.4, 0.5) is 0 Å². The van der Waals surface area contributed by atoms with Crippen molar-refractivity contribution in [3.63, 3.8) is 0 Å². The van der Waals surface area contributed by atoms with Gasteiger partial charge in [0.15, 0.2) is 0 Å². The number of rotatable bonds is 3. The van der Waals surface area contributed by atoms with Crippen LogP contribution in [0.25, 0.3) is 10.9 Å². The highest BCUT2D eigenvalue weighted by atomic mass is 16.3. The molecule has 2 atom stereocenters. The first-order chi connectivity index (χ1) is 8.83. The Bertz CT molecular complexity index is 520. The number of benzene rings is 1. The lowest BCUT2D eigenvalue weighted by Gasteiger charge is -2.28. The molecule has 1 aromatic carbocycles. The third-order valence-corrected chi connectivity index (χ3v) is 3.92. The summed E-state index contributed by atoms with van der Waals surface area (Å²) >= 11 is 0. The van der Waals surface area contributed by atoms with Crippen molar-refractivity contribution in [2.45, 2.75) is 44.4 Å². The van der Waals surface area contributed by atoms with Crippen molar-refractivity contribution in [2.75, 3.05) is 0 Å². The first kappa shape index (κ1) is 11.8. The molecule has 2 aromatic rings. The Morgan fingerprint density at radius 3 is 3.00 bits per heavy atom. The smallest absolute Gasteiger partial charge is 0.0693 e. The average Bonchev–Trinajstić information content (AvgIpc) is 2.85. The Kier molecular flexibility index (Phi) is 3.35. The number of aromatic nitrogens is 1. The molecular formula is C15H20N2O. The van der Waals surface area contributed by atoms with E-state index in [2.05, 4.69) is 34.6 Å². The maximum Gasteiger partial charge on any atom is 0.0693 e. The molecule has 1 fully saturated rings. The molecule has 0 amide bonds. The second-order valence-electron chi connectivity index (χ2n) is 5.24. The first-order valence-electron chi connectivity index (χ1n) is 6.80. The minimum atomic E-state index is -0.172. The highest BCUT2D eigenvalue weighted by Gasteiger charge is 2.21. The minimum Gasteiger partial charge on any atom is -0.392 e. The van der Waals surface area contributed by atoms with Crippen LogP contribution in [0.2, 0.25) is 0 Å². The van der Waals surface area contributed by atoms with E-state index < -0.39 is 0 Å². The molecule has 0 radical (unpaired) electrons. The quantitative estimate of drug-likeness (QED) is 0.777. The van der Waals surface area contributed by atoms with Crippen LogP contribution in [0.5, 0.6) is 0 Å². The lowest BCUT2D eigenvalue weighted by molar-refractivity contribution is 0.0903. The molecule has 1 aromatic heterocycles. The van der Waals surface area contributed by atoms with E-state index >= 15 is 0 Å². The van der Waals surface area contributed by atoms with Gasteiger partial charge in [0.25, 0.3) is 0 Å². The molecule has 3 nitrogen and oxygen atoms in total. The van der Waals surface area contributed by atoms with E-state index in [4.69, 9.17) is 0 Å². The van der Waals surface area contributed by atoms with E-state index in [9.17, 15) is 5.11 Å². The molecule has 3 rings (SSSR count). The first-order valence-corrected chi connectivity index (χ1v) is 6.80. The predicted molar refractivity (Wildman–Crippen MR) is 73.4 cm³/mol. The van der Waals surface area contributed by atoms with E-state index in [0.717, 1.165) is 25.8 Å². The summed E-state index contributed by atoms with van der Waals surface area (Å²) in [5.41, 5.74) is 2.45. The fourth-order valence-corrected chi connectivity index (χ4v) is 2.81. The number of hydrogen-bond donors (Lipinski definition) is 3. The number of nitrogens with one attached hydrogen (secondary N) is 2. The van der Waals surface area contributed by atoms with Crippen molar-refractivity contribution in [1.29, 1.82) is 0 Å². The van der Waals surface area contributed by atoms with E-state index in [1.165, 1.54) is 22.9 Å². The fraction of sp³-hybridized carbons (Fsp3) is 0.467. The summed E-state index contributed by atoms with van der Waals surface area (Å²) in [5.74, 6) is 0. The third kappa shape index (κ3) is 2.42. The molecule has 2 unspecified atom stereocenters. The fourth-order valence-electron chi connectivity index (χ4n) is 2.81. The van der Waals surface area contributed by atoms with Crippen molar-refractivity contribution in [3.8, 4) is 0 Å². The van der Waals surface area contributed by atoms with Gasteiger partial charge in [0.05, 0.1) is 6.10 Å². The number of fused-ring (bicyclic) bond motifs is 1. The number of H-pyrrole nitrogens is 1. The molecule has 18 heavy (non-hydrogen) atoms. The Morgan fingerprint density at radius 1 is 1.22 bits per heavy atom. The Labute approximate surface area is 107 Å². The number of hydrogen-bond acceptors (Lipinski definition) is 2. The Morgan fingerprint density at radius 2 is 2.11 bits per heavy atom. The predicted octanol–water partition coefficient (Wildman–Crippen LogP) is 2.56. The molecule has 0 bridgehead atoms. The van der Waals surface area contributed by atoms with Crippen LogP contribution in [0.1, 0.15) is 31.2 Å². The maximum absolute atomic E-state index is 9.92. The van der Waals surface area contributed by atoms with E-state index in [1.54, 1.807) is 0 Å². The van der Waals surface area contributed by atoms with E-state index in [1.807, 2.05) is 6.20 Å². The zero-order chi connectivity index (χ0) is 12.4. The molecule has 0 spiro atoms. The molecule has 1 saturated carbocycles. The van der Waals surface area contributed by atoms with Gasteiger partial charge < -0.3 is 15.4 Å². The lowest BCUT2D eigenvalue weighted by atomic mass is 9.92. The number of aromatic amines is 1. The van der Waals surface area contributed by atoms with Crippen molar-refractivity contribution in [3.05, 3.63) is 36.0 Å². The van der Waals surface area contributed by atoms with Crippen molar-refractivity contribution >= 4 is 10.9 Å². The molecule has 96 valence electrons. The van der Waals surface area contributed by atoms with Crippen molar-refractivity contribution < 1.29 is 5.11 Å². The summed E-state index contributed by atoms with van der Waals surface area (Å²) in [6.45, 7) is 0.836. The zero-order valence-electron chi connectivity index (χ0n) is 10.5. The van der Waals surface area contributed by atoms with Crippen LogP contribution in [-0.4, -0.2) is 22.2 Å². The molecule has 1 heterocycles. The molecule has 3 heteroatoms. The number of aliphatic hydroxyl groups excluding tert-OH is 1. The van der Waals surface area contributed by atoms with E-state index in [0.29, 0.717) is 0 Å². The zero-order valence-corrected chi connectivity index (χ0v) is 10.5. The summed E-state index contributed by atoms with van der Waals surface area (Å²) in [4.78, 5) is 3.20. The highest BCUT2D eigenvalue weighted by molar-refractivity contribution is 5.79. The van der Waals surface area contributed by atoms with Gasteiger partial charge in [-0.3, -0.25) is 0 Å². The number of aliphatic hydroxyl groups is 1. The van der Waals surface area contributed by atoms with Gasteiger partial charge in [0, 0.05) is 24.3 Å². The van der Waals surface area contributed by atoms with Gasteiger partial charge in [-0.2, -0.15) is 0 Å². The monoisotopic (exact) mass is 244 g/mol. The van der Waals surface area contributed by atoms with Crippen LogP contribution in [-0.2, 0) is 6.54 Å². The van der Waals surface area contributed by atoms with Gasteiger partial charge in [-0.25, -0.2) is 0 Å². The molecule has 1 aliphatic rings. The van der Waals surface area contributed by atoms with Crippen molar-refractivity contribution in [1.82, 2.24) is 10.3 Å². The summed E-state index contributed by atoms with van der Waals surface area (Å²) in [7, 11) is 0. The van der Waals surface area contributed by atoms with Crippen LogP contribution in [0, 0.1) is 0 Å². The standard InChI is InChI=1S/C15H20N2O/c18-15-4-2-1-3-14(15)17-10-11-5-6-13-12(9-11)7-8-16-13/h5-9,14-18H,1-4,10H2. The van der Waals surface area contributed by atoms with Crippen molar-refractivity contribution in [2.24, 2.45) is 0 Å². The molecule has 0 saturated heterocycles. The van der Waals surface area contributed by atoms with Gasteiger partial charge in [-0.05, 0) is 42.0 Å². The summed E-state index contributed by atoms with van der Waals surface area (Å²) in [5, 5.41) is 14.7. The van der Waals surface area contributed by atoms with Gasteiger partial charge in [-0.15, -0.1) is 0 Å². The van der Waals surface area contributed by atoms with Crippen LogP contribution in [0.3, 0.4) is 0 Å². The van der Waals surface area contributed by atoms with Crippen LogP contribution >= 0.6 is 0 Å². The maximum atomic E-state index is 9.92. The second-order valence-corrected chi connectivity index (χ2v) is 5.24. The Hall–Kier alpha value is -1.32. The third-order valence-electron chi connectivity index (χ3n) is 3.92. The second kappa shape index (κ2) is 5.12. The molecule has 1 aliphatic carbocycles. The average molecular weight is 244 g/mol. The Balaban J connectivity index is 1.65. The van der Waals surface area contributed by atoms with Gasteiger partial charge in [0.1, 0.15) is 0 Å². The highest BCUT2D eigenvalue weighted by Crippen LogP contribution is 2.19. The lowest BCUT2D eigenvalue weighted by Crippen LogP contribution is -2.41. The largest absolute Gasteiger partial charge is 0.392 e. The normalized spacial score (nSPS) is 24.5. The summed E-state index contributed by atoms with van der Waals surface area (Å²) in [6.07, 6.45) is 6.21. The van der Waals surface area contributed by atoms with Gasteiger partial charge >= 0.3 is 0 Å². The SMILES string of the molecule is OC1CCCCC1NCc1ccc2[nH]ccc2c1. The topological polar surface area (TPSA) is 48.0 Å². The minimum absolute atomic E-state index is 0.172. The molecular weight excluding hydrogens is 224 g/mol. The molecule has 0 aliphatic heterocycles. The van der Waals surface area contributed by atoms with Crippen LogP contribution in [0.15, 0.2) is 30.5 Å². The summed E-state index contributed by atoms with van der Waals surface area (Å²) in [6, 6.07) is 8.81. The van der Waals surface area contributed by atoms with E-state index in [-0.39, 0.29) is 12.1 Å². The summed E-state index contributed by atoms with van der Waals surface area (Å²) < 4.78 is 0. The van der Waals surface area contributed by atoms with Gasteiger partial charge in [-0.1, -0.05) is 18.9 Å². The van der Waals surface area contributed by atoms with Crippen LogP contribution < -0.4 is 5.32 Å². The molecule has 3 N–H and O–H groups in total. The van der Waals surface area contributed by atoms with Gasteiger partial charge in [0.2, 0.25) is 0 Å².